The molecule has 2 aromatic carbocycles. The lowest BCUT2D eigenvalue weighted by Gasteiger charge is -2.19. The number of sulfonamides is 1. The summed E-state index contributed by atoms with van der Waals surface area (Å²) in [5.41, 5.74) is 0.685. The molecule has 1 aromatic heterocycles. The number of hydrogen-bond donors (Lipinski definition) is 1. The molecule has 11 heteroatoms. The Labute approximate surface area is 208 Å². The number of halogens is 1. The lowest BCUT2D eigenvalue weighted by atomic mass is 10.2. The minimum absolute atomic E-state index is 0.0133. The Morgan fingerprint density at radius 3 is 2.60 bits per heavy atom. The van der Waals surface area contributed by atoms with Crippen LogP contribution >= 0.6 is 11.6 Å². The standard InChI is InChI=1S/C24H27ClN4O5S/c1-16-22(24(31)29(27(16)2)18-8-5-4-6-9-18)28(3)35(32,33)21-14-17(11-12-20(21)25)23(30)26-15-19-10-7-13-34-19/h4-6,8-9,11-12,14,19H,7,10,13,15H2,1-3H3,(H,26,30)/t19-/m0/s1. The quantitative estimate of drug-likeness (QED) is 0.518. The number of carbonyl (C=O) groups is 1. The maximum absolute atomic E-state index is 13.6. The summed E-state index contributed by atoms with van der Waals surface area (Å²) in [5.74, 6) is -0.432. The average molecular weight is 519 g/mol. The summed E-state index contributed by atoms with van der Waals surface area (Å²) in [6.07, 6.45) is 1.76. The molecule has 0 aliphatic carbocycles. The van der Waals surface area contributed by atoms with E-state index in [0.717, 1.165) is 17.1 Å². The average Bonchev–Trinajstić information content (AvgIpc) is 3.44. The Bertz CT molecular complexity index is 1410. The lowest BCUT2D eigenvalue weighted by Crippen LogP contribution is -2.33. The smallest absolute Gasteiger partial charge is 0.296 e. The van der Waals surface area contributed by atoms with Gasteiger partial charge in [0, 0.05) is 32.8 Å². The molecule has 3 aromatic rings. The molecule has 35 heavy (non-hydrogen) atoms. The highest BCUT2D eigenvalue weighted by molar-refractivity contribution is 7.93. The molecule has 4 rings (SSSR count). The van der Waals surface area contributed by atoms with E-state index in [1.165, 1.54) is 29.9 Å². The first kappa shape index (κ1) is 25.0. The van der Waals surface area contributed by atoms with Crippen molar-refractivity contribution in [3.05, 3.63) is 75.2 Å². The molecule has 1 saturated heterocycles. The minimum atomic E-state index is -4.27. The van der Waals surface area contributed by atoms with E-state index in [4.69, 9.17) is 16.3 Å². The van der Waals surface area contributed by atoms with Gasteiger partial charge in [-0.3, -0.25) is 18.6 Å². The number of hydrogen-bond acceptors (Lipinski definition) is 5. The molecule has 0 saturated carbocycles. The zero-order valence-corrected chi connectivity index (χ0v) is 21.3. The Hall–Kier alpha value is -3.08. The first-order chi connectivity index (χ1) is 16.6. The predicted molar refractivity (Wildman–Crippen MR) is 134 cm³/mol. The van der Waals surface area contributed by atoms with E-state index in [9.17, 15) is 18.0 Å². The SMILES string of the molecule is Cc1c(N(C)S(=O)(=O)c2cc(C(=O)NC[C@@H]3CCCO3)ccc2Cl)c(=O)n(-c2ccccc2)n1C. The number of aromatic nitrogens is 2. The Kier molecular flexibility index (Phi) is 7.07. The topological polar surface area (TPSA) is 103 Å². The van der Waals surface area contributed by atoms with Crippen molar-refractivity contribution in [3.63, 3.8) is 0 Å². The van der Waals surface area contributed by atoms with Crippen LogP contribution in [0.1, 0.15) is 28.9 Å². The zero-order valence-electron chi connectivity index (χ0n) is 19.7. The molecule has 0 bridgehead atoms. The highest BCUT2D eigenvalue weighted by atomic mass is 35.5. The third-order valence-corrected chi connectivity index (χ3v) is 8.42. The number of rotatable bonds is 7. The van der Waals surface area contributed by atoms with Crippen LogP contribution in [0.5, 0.6) is 0 Å². The molecule has 0 radical (unpaired) electrons. The van der Waals surface area contributed by atoms with Crippen molar-refractivity contribution in [1.82, 2.24) is 14.7 Å². The highest BCUT2D eigenvalue weighted by Crippen LogP contribution is 2.29. The van der Waals surface area contributed by atoms with Crippen LogP contribution in [0.4, 0.5) is 5.69 Å². The number of para-hydroxylation sites is 1. The second-order valence-electron chi connectivity index (χ2n) is 8.37. The highest BCUT2D eigenvalue weighted by Gasteiger charge is 2.31. The number of amides is 1. The summed E-state index contributed by atoms with van der Waals surface area (Å²) in [5, 5.41) is 2.72. The van der Waals surface area contributed by atoms with E-state index in [1.54, 1.807) is 42.9 Å². The van der Waals surface area contributed by atoms with Crippen molar-refractivity contribution in [2.24, 2.45) is 7.05 Å². The van der Waals surface area contributed by atoms with Gasteiger partial charge in [0.2, 0.25) is 0 Å². The molecule has 186 valence electrons. The van der Waals surface area contributed by atoms with Crippen molar-refractivity contribution >= 4 is 33.2 Å². The molecule has 1 aliphatic rings. The van der Waals surface area contributed by atoms with Gasteiger partial charge < -0.3 is 10.1 Å². The number of nitrogens with zero attached hydrogens (tertiary/aromatic N) is 3. The molecular weight excluding hydrogens is 492 g/mol. The summed E-state index contributed by atoms with van der Waals surface area (Å²) >= 11 is 6.26. The number of carbonyl (C=O) groups excluding carboxylic acids is 1. The summed E-state index contributed by atoms with van der Waals surface area (Å²) in [6, 6.07) is 13.0. The second kappa shape index (κ2) is 9.88. The van der Waals surface area contributed by atoms with Crippen molar-refractivity contribution in [2.75, 3.05) is 24.5 Å². The Morgan fingerprint density at radius 1 is 1.23 bits per heavy atom. The normalized spacial score (nSPS) is 15.8. The summed E-state index contributed by atoms with van der Waals surface area (Å²) in [4.78, 5) is 25.7. The molecule has 1 fully saturated rings. The molecule has 0 spiro atoms. The van der Waals surface area contributed by atoms with Gasteiger partial charge in [-0.1, -0.05) is 29.8 Å². The van der Waals surface area contributed by atoms with E-state index in [2.05, 4.69) is 5.32 Å². The van der Waals surface area contributed by atoms with Gasteiger partial charge in [-0.05, 0) is 50.1 Å². The largest absolute Gasteiger partial charge is 0.376 e. The van der Waals surface area contributed by atoms with Crippen molar-refractivity contribution in [2.45, 2.75) is 30.8 Å². The fourth-order valence-electron chi connectivity index (χ4n) is 4.14. The van der Waals surface area contributed by atoms with Crippen LogP contribution in [0.15, 0.2) is 58.2 Å². The van der Waals surface area contributed by atoms with Crippen molar-refractivity contribution in [3.8, 4) is 5.69 Å². The van der Waals surface area contributed by atoms with Crippen LogP contribution in [0.2, 0.25) is 5.02 Å². The third kappa shape index (κ3) is 4.73. The van der Waals surface area contributed by atoms with Crippen LogP contribution < -0.4 is 15.2 Å². The summed E-state index contributed by atoms with van der Waals surface area (Å²) < 4.78 is 36.6. The molecule has 2 heterocycles. The Morgan fingerprint density at radius 2 is 1.94 bits per heavy atom. The molecule has 1 aliphatic heterocycles. The van der Waals surface area contributed by atoms with Crippen LogP contribution in [-0.4, -0.2) is 50.0 Å². The monoisotopic (exact) mass is 518 g/mol. The van der Waals surface area contributed by atoms with Gasteiger partial charge in [0.1, 0.15) is 10.6 Å². The number of anilines is 1. The van der Waals surface area contributed by atoms with E-state index >= 15 is 0 Å². The van der Waals surface area contributed by atoms with Crippen LogP contribution in [0, 0.1) is 6.92 Å². The van der Waals surface area contributed by atoms with E-state index in [1.807, 2.05) is 6.07 Å². The number of ether oxygens (including phenoxy) is 1. The second-order valence-corrected chi connectivity index (χ2v) is 10.7. The van der Waals surface area contributed by atoms with Crippen molar-refractivity contribution < 1.29 is 17.9 Å². The first-order valence-corrected chi connectivity index (χ1v) is 13.0. The van der Waals surface area contributed by atoms with Crippen LogP contribution in [0.3, 0.4) is 0 Å². The van der Waals surface area contributed by atoms with Gasteiger partial charge in [-0.25, -0.2) is 13.1 Å². The first-order valence-electron chi connectivity index (χ1n) is 11.1. The van der Waals surface area contributed by atoms with E-state index in [0.29, 0.717) is 24.5 Å². The van der Waals surface area contributed by atoms with Gasteiger partial charge in [0.15, 0.2) is 0 Å². The number of nitrogens with one attached hydrogen (secondary N) is 1. The van der Waals surface area contributed by atoms with Gasteiger partial charge in [0.25, 0.3) is 21.5 Å². The molecule has 0 unspecified atom stereocenters. The zero-order chi connectivity index (χ0) is 25.3. The fraction of sp³-hybridized carbons (Fsp3) is 0.333. The van der Waals surface area contributed by atoms with Gasteiger partial charge >= 0.3 is 0 Å². The van der Waals surface area contributed by atoms with Crippen LogP contribution in [0.25, 0.3) is 5.69 Å². The van der Waals surface area contributed by atoms with Gasteiger partial charge in [-0.2, -0.15) is 0 Å². The van der Waals surface area contributed by atoms with E-state index < -0.39 is 21.5 Å². The molecular formula is C24H27ClN4O5S. The molecule has 1 atom stereocenters. The summed E-state index contributed by atoms with van der Waals surface area (Å²) in [7, 11) is -1.29. The molecule has 9 nitrogen and oxygen atoms in total. The third-order valence-electron chi connectivity index (χ3n) is 6.18. The maximum atomic E-state index is 13.6. The maximum Gasteiger partial charge on any atom is 0.296 e. The van der Waals surface area contributed by atoms with E-state index in [-0.39, 0.29) is 27.3 Å². The molecule has 1 N–H and O–H groups in total. The lowest BCUT2D eigenvalue weighted by molar-refractivity contribution is 0.0857. The summed E-state index contributed by atoms with van der Waals surface area (Å²) in [6.45, 7) is 2.67. The molecule has 1 amide bonds. The fourth-order valence-corrected chi connectivity index (χ4v) is 5.89. The predicted octanol–water partition coefficient (Wildman–Crippen LogP) is 2.87. The van der Waals surface area contributed by atoms with Gasteiger partial charge in [-0.15, -0.1) is 0 Å². The number of benzene rings is 2. The van der Waals surface area contributed by atoms with Crippen LogP contribution in [-0.2, 0) is 21.8 Å². The van der Waals surface area contributed by atoms with Gasteiger partial charge in [0.05, 0.1) is 22.5 Å². The Balaban J connectivity index is 1.68. The van der Waals surface area contributed by atoms with Crippen molar-refractivity contribution in [1.29, 1.82) is 0 Å². The minimum Gasteiger partial charge on any atom is -0.376 e.